The molecule has 3 nitrogen and oxygen atoms in total. The summed E-state index contributed by atoms with van der Waals surface area (Å²) in [6.45, 7) is 4.71. The van der Waals surface area contributed by atoms with Crippen molar-refractivity contribution in [1.82, 2.24) is 5.32 Å². The largest absolute Gasteiger partial charge is 0.454 e. The number of rotatable bonds is 8. The molecule has 2 heterocycles. The summed E-state index contributed by atoms with van der Waals surface area (Å²) in [5.74, 6) is 4.79. The third kappa shape index (κ3) is 5.38. The van der Waals surface area contributed by atoms with Gasteiger partial charge in [-0.1, -0.05) is 36.7 Å². The van der Waals surface area contributed by atoms with Crippen molar-refractivity contribution in [2.75, 3.05) is 31.4 Å². The van der Waals surface area contributed by atoms with Gasteiger partial charge in [-0.05, 0) is 85.2 Å². The number of hydrogen-bond donors (Lipinski definition) is 1. The predicted molar refractivity (Wildman–Crippen MR) is 126 cm³/mol. The molecule has 29 heavy (non-hydrogen) atoms. The highest BCUT2D eigenvalue weighted by Crippen LogP contribution is 2.55. The van der Waals surface area contributed by atoms with Gasteiger partial charge < -0.3 is 14.8 Å². The zero-order valence-electron chi connectivity index (χ0n) is 16.8. The second kappa shape index (κ2) is 9.86. The molecule has 0 spiro atoms. The van der Waals surface area contributed by atoms with E-state index >= 15 is 0 Å². The fourth-order valence-corrected chi connectivity index (χ4v) is 7.64. The lowest BCUT2D eigenvalue weighted by molar-refractivity contribution is 0.174. The van der Waals surface area contributed by atoms with Crippen molar-refractivity contribution in [2.24, 2.45) is 5.92 Å². The van der Waals surface area contributed by atoms with Crippen LogP contribution in [0, 0.1) is 5.92 Å². The van der Waals surface area contributed by atoms with Gasteiger partial charge in [-0.2, -0.15) is 0 Å². The van der Waals surface area contributed by atoms with Crippen molar-refractivity contribution in [1.29, 1.82) is 0 Å². The molecule has 0 amide bonds. The number of thioether (sulfide) groups is 2. The Kier molecular flexibility index (Phi) is 7.22. The summed E-state index contributed by atoms with van der Waals surface area (Å²) in [5, 5.41) is 4.45. The van der Waals surface area contributed by atoms with E-state index in [0.29, 0.717) is 12.7 Å². The van der Waals surface area contributed by atoms with E-state index < -0.39 is 0 Å². The van der Waals surface area contributed by atoms with E-state index in [1.54, 1.807) is 0 Å². The first-order chi connectivity index (χ1) is 14.1. The lowest BCUT2D eigenvalue weighted by Gasteiger charge is -2.38. The van der Waals surface area contributed by atoms with Crippen LogP contribution >= 0.6 is 35.1 Å². The standard InChI is InChI=1S/C23H28ClNO2S2/c1-17(15-25-10-9-18-3-6-20(24)7-4-18)14-23(28-11-2-12-29-23)19-5-8-21-22(13-19)27-16-26-21/h3-8,13,17,25H,2,9-12,14-16H2,1H3. The number of fused-ring (bicyclic) bond motifs is 1. The number of hydrogen-bond acceptors (Lipinski definition) is 5. The van der Waals surface area contributed by atoms with Crippen LogP contribution in [0.3, 0.4) is 0 Å². The van der Waals surface area contributed by atoms with Crippen molar-refractivity contribution in [3.8, 4) is 11.5 Å². The average Bonchev–Trinajstić information content (AvgIpc) is 3.21. The summed E-state index contributed by atoms with van der Waals surface area (Å²) in [7, 11) is 0. The van der Waals surface area contributed by atoms with Crippen molar-refractivity contribution < 1.29 is 9.47 Å². The smallest absolute Gasteiger partial charge is 0.231 e. The van der Waals surface area contributed by atoms with Crippen LogP contribution in [-0.2, 0) is 10.5 Å². The van der Waals surface area contributed by atoms with E-state index in [0.717, 1.165) is 42.5 Å². The number of ether oxygens (including phenoxy) is 2. The van der Waals surface area contributed by atoms with E-state index in [-0.39, 0.29) is 4.08 Å². The maximum atomic E-state index is 5.97. The molecule has 156 valence electrons. The van der Waals surface area contributed by atoms with Crippen molar-refractivity contribution >= 4 is 35.1 Å². The minimum absolute atomic E-state index is 0.108. The highest BCUT2D eigenvalue weighted by atomic mass is 35.5. The normalized spacial score (nSPS) is 18.6. The van der Waals surface area contributed by atoms with Gasteiger partial charge in [0.1, 0.15) is 0 Å². The first-order valence-electron chi connectivity index (χ1n) is 10.3. The Hall–Kier alpha value is -1.01. The van der Waals surface area contributed by atoms with Crippen LogP contribution in [0.4, 0.5) is 0 Å². The lowest BCUT2D eigenvalue weighted by atomic mass is 9.99. The fraction of sp³-hybridized carbons (Fsp3) is 0.478. The SMILES string of the molecule is CC(CNCCc1ccc(Cl)cc1)CC1(c2ccc3c(c2)OCO3)SCCCS1. The molecule has 2 aliphatic rings. The second-order valence-electron chi connectivity index (χ2n) is 7.76. The van der Waals surface area contributed by atoms with Crippen LogP contribution in [0.1, 0.15) is 30.9 Å². The second-order valence-corrected chi connectivity index (χ2v) is 11.2. The molecule has 1 fully saturated rings. The molecule has 0 radical (unpaired) electrons. The maximum absolute atomic E-state index is 5.97. The zero-order valence-corrected chi connectivity index (χ0v) is 19.2. The Labute approximate surface area is 187 Å². The summed E-state index contributed by atoms with van der Waals surface area (Å²) in [6.07, 6.45) is 3.46. The van der Waals surface area contributed by atoms with E-state index in [1.165, 1.54) is 29.1 Å². The zero-order chi connectivity index (χ0) is 20.1. The molecule has 6 heteroatoms. The Morgan fingerprint density at radius 1 is 1.07 bits per heavy atom. The Morgan fingerprint density at radius 3 is 2.62 bits per heavy atom. The maximum Gasteiger partial charge on any atom is 0.231 e. The number of halogens is 1. The molecule has 0 aliphatic carbocycles. The predicted octanol–water partition coefficient (Wildman–Crippen LogP) is 5.95. The molecular formula is C23H28ClNO2S2. The molecule has 2 aromatic rings. The molecule has 1 unspecified atom stereocenters. The van der Waals surface area contributed by atoms with Crippen LogP contribution in [0.5, 0.6) is 11.5 Å². The minimum Gasteiger partial charge on any atom is -0.454 e. The molecule has 0 bridgehead atoms. The molecule has 2 aromatic carbocycles. The van der Waals surface area contributed by atoms with Gasteiger partial charge in [-0.15, -0.1) is 23.5 Å². The molecule has 1 saturated heterocycles. The monoisotopic (exact) mass is 449 g/mol. The van der Waals surface area contributed by atoms with Gasteiger partial charge in [0.15, 0.2) is 11.5 Å². The van der Waals surface area contributed by atoms with E-state index in [9.17, 15) is 0 Å². The molecular weight excluding hydrogens is 422 g/mol. The number of nitrogens with one attached hydrogen (secondary N) is 1. The molecule has 4 rings (SSSR count). The Balaban J connectivity index is 1.34. The van der Waals surface area contributed by atoms with Crippen LogP contribution in [-0.4, -0.2) is 31.4 Å². The summed E-state index contributed by atoms with van der Waals surface area (Å²) in [6, 6.07) is 14.7. The van der Waals surface area contributed by atoms with Crippen molar-refractivity contribution in [3.05, 3.63) is 58.6 Å². The van der Waals surface area contributed by atoms with Gasteiger partial charge >= 0.3 is 0 Å². The van der Waals surface area contributed by atoms with Crippen LogP contribution in [0.15, 0.2) is 42.5 Å². The van der Waals surface area contributed by atoms with Crippen LogP contribution < -0.4 is 14.8 Å². The Bertz CT molecular complexity index is 809. The van der Waals surface area contributed by atoms with Crippen LogP contribution in [0.25, 0.3) is 0 Å². The third-order valence-electron chi connectivity index (χ3n) is 5.39. The number of benzene rings is 2. The van der Waals surface area contributed by atoms with Gasteiger partial charge in [-0.25, -0.2) is 0 Å². The Morgan fingerprint density at radius 2 is 1.83 bits per heavy atom. The summed E-state index contributed by atoms with van der Waals surface area (Å²) in [5.41, 5.74) is 2.69. The van der Waals surface area contributed by atoms with Gasteiger partial charge in [0, 0.05) is 5.02 Å². The first kappa shape index (κ1) is 21.2. The van der Waals surface area contributed by atoms with E-state index in [4.69, 9.17) is 21.1 Å². The van der Waals surface area contributed by atoms with Crippen molar-refractivity contribution in [3.63, 3.8) is 0 Å². The lowest BCUT2D eigenvalue weighted by Crippen LogP contribution is -2.30. The van der Waals surface area contributed by atoms with Crippen LogP contribution in [0.2, 0.25) is 5.02 Å². The quantitative estimate of drug-likeness (QED) is 0.503. The molecule has 0 aromatic heterocycles. The van der Waals surface area contributed by atoms with Gasteiger partial charge in [-0.3, -0.25) is 0 Å². The molecule has 2 aliphatic heterocycles. The van der Waals surface area contributed by atoms with E-state index in [1.807, 2.05) is 12.1 Å². The van der Waals surface area contributed by atoms with Gasteiger partial charge in [0.05, 0.1) is 4.08 Å². The highest BCUT2D eigenvalue weighted by Gasteiger charge is 2.37. The van der Waals surface area contributed by atoms with Crippen molar-refractivity contribution in [2.45, 2.75) is 30.3 Å². The third-order valence-corrected chi connectivity index (χ3v) is 9.07. The highest BCUT2D eigenvalue weighted by molar-refractivity contribution is 8.18. The summed E-state index contributed by atoms with van der Waals surface area (Å²) >= 11 is 10.2. The topological polar surface area (TPSA) is 30.5 Å². The summed E-state index contributed by atoms with van der Waals surface area (Å²) in [4.78, 5) is 0. The minimum atomic E-state index is 0.108. The van der Waals surface area contributed by atoms with Gasteiger partial charge in [0.25, 0.3) is 0 Å². The fourth-order valence-electron chi connectivity index (χ4n) is 3.87. The summed E-state index contributed by atoms with van der Waals surface area (Å²) < 4.78 is 11.3. The molecule has 1 N–H and O–H groups in total. The van der Waals surface area contributed by atoms with E-state index in [2.05, 4.69) is 66.1 Å². The first-order valence-corrected chi connectivity index (χ1v) is 12.6. The van der Waals surface area contributed by atoms with Gasteiger partial charge in [0.2, 0.25) is 6.79 Å². The molecule has 0 saturated carbocycles. The molecule has 1 atom stereocenters. The average molecular weight is 450 g/mol.